The first-order valence-corrected chi connectivity index (χ1v) is 6.66. The molecule has 0 radical (unpaired) electrons. The lowest BCUT2D eigenvalue weighted by molar-refractivity contribution is -0.152. The van der Waals surface area contributed by atoms with Gasteiger partial charge < -0.3 is 14.9 Å². The number of carboxylic acid groups (broad SMARTS) is 2. The Morgan fingerprint density at radius 2 is 1.77 bits per heavy atom. The highest BCUT2D eigenvalue weighted by atomic mass is 16.5. The Morgan fingerprint density at radius 1 is 1.09 bits per heavy atom. The van der Waals surface area contributed by atoms with Crippen LogP contribution in [0, 0.1) is 0 Å². The number of rotatable bonds is 5. The molecule has 0 heterocycles. The van der Waals surface area contributed by atoms with Crippen LogP contribution in [0.2, 0.25) is 0 Å². The predicted octanol–water partition coefficient (Wildman–Crippen LogP) is 3.18. The average Bonchev–Trinajstić information content (AvgIpc) is 2.45. The number of hydrogen-bond acceptors (Lipinski definition) is 3. The van der Waals surface area contributed by atoms with Crippen LogP contribution in [0.15, 0.2) is 42.5 Å². The van der Waals surface area contributed by atoms with Crippen molar-refractivity contribution in [3.8, 4) is 5.75 Å². The zero-order valence-corrected chi connectivity index (χ0v) is 12.2. The molecule has 0 saturated carbocycles. The first-order valence-electron chi connectivity index (χ1n) is 6.66. The van der Waals surface area contributed by atoms with Gasteiger partial charge in [-0.25, -0.2) is 9.59 Å². The Kier molecular flexibility index (Phi) is 4.17. The predicted molar refractivity (Wildman–Crippen MR) is 83.0 cm³/mol. The van der Waals surface area contributed by atoms with E-state index in [4.69, 9.17) is 9.84 Å². The third kappa shape index (κ3) is 3.25. The topological polar surface area (TPSA) is 83.8 Å². The van der Waals surface area contributed by atoms with Gasteiger partial charge in [0.2, 0.25) is 0 Å². The first kappa shape index (κ1) is 15.6. The summed E-state index contributed by atoms with van der Waals surface area (Å²) in [4.78, 5) is 22.0. The zero-order valence-electron chi connectivity index (χ0n) is 12.2. The Bertz CT molecular complexity index is 759. The fraction of sp³-hybridized carbons (Fsp3) is 0.176. The lowest BCUT2D eigenvalue weighted by Crippen LogP contribution is -2.38. The SMILES string of the molecule is CC(C)(Oc1ccc2ccccc2c1/C=C/C(=O)O)C(=O)O. The molecule has 0 aromatic heterocycles. The molecule has 0 fully saturated rings. The maximum atomic E-state index is 11.2. The summed E-state index contributed by atoms with van der Waals surface area (Å²) < 4.78 is 5.59. The van der Waals surface area contributed by atoms with Crippen molar-refractivity contribution >= 4 is 28.8 Å². The largest absolute Gasteiger partial charge is 0.478 e. The Labute approximate surface area is 127 Å². The fourth-order valence-corrected chi connectivity index (χ4v) is 2.01. The van der Waals surface area contributed by atoms with Crippen molar-refractivity contribution < 1.29 is 24.5 Å². The normalized spacial score (nSPS) is 11.7. The van der Waals surface area contributed by atoms with Gasteiger partial charge in [0.05, 0.1) is 0 Å². The minimum absolute atomic E-state index is 0.323. The third-order valence-electron chi connectivity index (χ3n) is 3.20. The van der Waals surface area contributed by atoms with Gasteiger partial charge in [-0.05, 0) is 36.8 Å². The van der Waals surface area contributed by atoms with E-state index in [1.807, 2.05) is 24.3 Å². The summed E-state index contributed by atoms with van der Waals surface area (Å²) in [5.74, 6) is -1.87. The van der Waals surface area contributed by atoms with Crippen LogP contribution in [0.25, 0.3) is 16.8 Å². The van der Waals surface area contributed by atoms with Crippen LogP contribution in [0.5, 0.6) is 5.75 Å². The van der Waals surface area contributed by atoms with Crippen LogP contribution in [-0.2, 0) is 9.59 Å². The van der Waals surface area contributed by atoms with E-state index in [0.29, 0.717) is 11.3 Å². The van der Waals surface area contributed by atoms with Crippen molar-refractivity contribution in [3.05, 3.63) is 48.0 Å². The summed E-state index contributed by atoms with van der Waals surface area (Å²) >= 11 is 0. The van der Waals surface area contributed by atoms with E-state index in [1.54, 1.807) is 12.1 Å². The van der Waals surface area contributed by atoms with Gasteiger partial charge in [-0.15, -0.1) is 0 Å². The van der Waals surface area contributed by atoms with Crippen molar-refractivity contribution in [2.45, 2.75) is 19.4 Å². The second kappa shape index (κ2) is 5.89. The molecule has 0 amide bonds. The van der Waals surface area contributed by atoms with Crippen molar-refractivity contribution in [2.75, 3.05) is 0 Å². The lowest BCUT2D eigenvalue weighted by Gasteiger charge is -2.23. The minimum Gasteiger partial charge on any atom is -0.478 e. The van der Waals surface area contributed by atoms with Gasteiger partial charge >= 0.3 is 11.9 Å². The van der Waals surface area contributed by atoms with Crippen LogP contribution in [0.3, 0.4) is 0 Å². The lowest BCUT2D eigenvalue weighted by atomic mass is 10.0. The summed E-state index contributed by atoms with van der Waals surface area (Å²) in [6.07, 6.45) is 2.42. The number of hydrogen-bond donors (Lipinski definition) is 2. The molecule has 0 aliphatic carbocycles. The molecule has 114 valence electrons. The van der Waals surface area contributed by atoms with Crippen LogP contribution in [-0.4, -0.2) is 27.8 Å². The Morgan fingerprint density at radius 3 is 2.41 bits per heavy atom. The van der Waals surface area contributed by atoms with Gasteiger partial charge in [-0.1, -0.05) is 30.3 Å². The zero-order chi connectivity index (χ0) is 16.3. The van der Waals surface area contributed by atoms with E-state index >= 15 is 0 Å². The van der Waals surface area contributed by atoms with E-state index in [-0.39, 0.29) is 0 Å². The highest BCUT2D eigenvalue weighted by molar-refractivity contribution is 5.96. The Balaban J connectivity index is 2.60. The Hall–Kier alpha value is -2.82. The van der Waals surface area contributed by atoms with Crippen molar-refractivity contribution in [3.63, 3.8) is 0 Å². The van der Waals surface area contributed by atoms with Crippen molar-refractivity contribution in [2.24, 2.45) is 0 Å². The summed E-state index contributed by atoms with van der Waals surface area (Å²) in [5, 5.41) is 19.7. The number of aliphatic carboxylic acids is 2. The van der Waals surface area contributed by atoms with E-state index in [9.17, 15) is 14.7 Å². The summed E-state index contributed by atoms with van der Waals surface area (Å²) in [6.45, 7) is 2.88. The molecule has 2 N–H and O–H groups in total. The van der Waals surface area contributed by atoms with E-state index in [2.05, 4.69) is 0 Å². The molecule has 0 aliphatic heterocycles. The van der Waals surface area contributed by atoms with Crippen molar-refractivity contribution in [1.29, 1.82) is 0 Å². The van der Waals surface area contributed by atoms with Gasteiger partial charge in [0.25, 0.3) is 0 Å². The molecule has 0 spiro atoms. The molecule has 0 aliphatic rings. The smallest absolute Gasteiger partial charge is 0.347 e. The molecule has 0 saturated heterocycles. The molecule has 22 heavy (non-hydrogen) atoms. The van der Waals surface area contributed by atoms with Crippen LogP contribution in [0.1, 0.15) is 19.4 Å². The third-order valence-corrected chi connectivity index (χ3v) is 3.20. The van der Waals surface area contributed by atoms with Gasteiger partial charge in [-0.3, -0.25) is 0 Å². The maximum Gasteiger partial charge on any atom is 0.347 e. The fourth-order valence-electron chi connectivity index (χ4n) is 2.01. The van der Waals surface area contributed by atoms with Crippen LogP contribution >= 0.6 is 0 Å². The maximum absolute atomic E-state index is 11.2. The van der Waals surface area contributed by atoms with Gasteiger partial charge in [0, 0.05) is 11.6 Å². The van der Waals surface area contributed by atoms with E-state index in [0.717, 1.165) is 16.8 Å². The highest BCUT2D eigenvalue weighted by Gasteiger charge is 2.30. The quantitative estimate of drug-likeness (QED) is 0.828. The van der Waals surface area contributed by atoms with Crippen LogP contribution < -0.4 is 4.74 Å². The highest BCUT2D eigenvalue weighted by Crippen LogP contribution is 2.31. The van der Waals surface area contributed by atoms with Gasteiger partial charge in [0.15, 0.2) is 5.60 Å². The molecule has 0 bridgehead atoms. The number of fused-ring (bicyclic) bond motifs is 1. The monoisotopic (exact) mass is 300 g/mol. The summed E-state index contributed by atoms with van der Waals surface area (Å²) in [7, 11) is 0. The molecule has 5 nitrogen and oxygen atoms in total. The first-order chi connectivity index (χ1) is 10.3. The van der Waals surface area contributed by atoms with E-state index in [1.165, 1.54) is 19.9 Å². The second-order valence-electron chi connectivity index (χ2n) is 5.29. The van der Waals surface area contributed by atoms with Gasteiger partial charge in [0.1, 0.15) is 5.75 Å². The number of benzene rings is 2. The molecular weight excluding hydrogens is 284 g/mol. The molecule has 0 unspecified atom stereocenters. The molecule has 2 rings (SSSR count). The summed E-state index contributed by atoms with van der Waals surface area (Å²) in [5.41, 5.74) is -0.885. The second-order valence-corrected chi connectivity index (χ2v) is 5.29. The van der Waals surface area contributed by atoms with Crippen LogP contribution in [0.4, 0.5) is 0 Å². The molecule has 2 aromatic rings. The summed E-state index contributed by atoms with van der Waals surface area (Å²) in [6, 6.07) is 10.9. The average molecular weight is 300 g/mol. The number of carbonyl (C=O) groups is 2. The standard InChI is InChI=1S/C17H16O5/c1-17(2,16(20)21)22-14-9-7-11-5-3-4-6-12(11)13(14)8-10-15(18)19/h3-10H,1-2H3,(H,18,19)(H,20,21)/b10-8+. The van der Waals surface area contributed by atoms with Gasteiger partial charge in [-0.2, -0.15) is 0 Å². The van der Waals surface area contributed by atoms with Crippen molar-refractivity contribution in [1.82, 2.24) is 0 Å². The number of carboxylic acids is 2. The number of ether oxygens (including phenoxy) is 1. The van der Waals surface area contributed by atoms with E-state index < -0.39 is 17.5 Å². The minimum atomic E-state index is -1.42. The molecule has 0 atom stereocenters. The molecule has 5 heteroatoms. The molecular formula is C17H16O5. The molecule has 2 aromatic carbocycles.